The fourth-order valence-corrected chi connectivity index (χ4v) is 1.65. The molecule has 1 atom stereocenters. The van der Waals surface area contributed by atoms with Gasteiger partial charge in [-0.1, -0.05) is 27.7 Å². The summed E-state index contributed by atoms with van der Waals surface area (Å²) in [6.45, 7) is 9.86. The van der Waals surface area contributed by atoms with E-state index in [2.05, 4.69) is 53.9 Å². The van der Waals surface area contributed by atoms with Gasteiger partial charge in [0.25, 0.3) is 0 Å². The highest BCUT2D eigenvalue weighted by Crippen LogP contribution is 2.27. The number of aromatic nitrogens is 1. The first-order chi connectivity index (χ1) is 7.30. The molecule has 1 rings (SSSR count). The van der Waals surface area contributed by atoms with Gasteiger partial charge in [0.2, 0.25) is 0 Å². The molecule has 1 heterocycles. The molecule has 0 aliphatic heterocycles. The van der Waals surface area contributed by atoms with Crippen LogP contribution in [0.3, 0.4) is 0 Å². The number of pyridine rings is 1. The van der Waals surface area contributed by atoms with E-state index in [0.717, 1.165) is 16.8 Å². The van der Waals surface area contributed by atoms with E-state index in [1.165, 1.54) is 0 Å². The molecule has 0 saturated carbocycles. The van der Waals surface area contributed by atoms with Gasteiger partial charge in [-0.3, -0.25) is 0 Å². The quantitative estimate of drug-likeness (QED) is 0.893. The zero-order chi connectivity index (χ0) is 12.3. The molecule has 0 aliphatic carbocycles. The largest absolute Gasteiger partial charge is 0.397 e. The van der Waals surface area contributed by atoms with Crippen LogP contribution < -0.4 is 11.1 Å². The van der Waals surface area contributed by atoms with E-state index in [4.69, 9.17) is 5.73 Å². The number of rotatable bonds is 3. The van der Waals surface area contributed by atoms with Crippen molar-refractivity contribution in [2.45, 2.75) is 27.7 Å². The second-order valence-electron chi connectivity index (χ2n) is 5.25. The van der Waals surface area contributed by atoms with Crippen LogP contribution in [0, 0.1) is 11.3 Å². The monoisotopic (exact) mass is 285 g/mol. The zero-order valence-electron chi connectivity index (χ0n) is 10.3. The highest BCUT2D eigenvalue weighted by molar-refractivity contribution is 9.10. The normalized spacial score (nSPS) is 13.6. The molecule has 0 amide bonds. The van der Waals surface area contributed by atoms with Crippen molar-refractivity contribution >= 4 is 27.4 Å². The van der Waals surface area contributed by atoms with E-state index in [9.17, 15) is 0 Å². The van der Waals surface area contributed by atoms with Gasteiger partial charge in [0.1, 0.15) is 5.82 Å². The molecule has 0 bridgehead atoms. The molecular weight excluding hydrogens is 266 g/mol. The average molecular weight is 286 g/mol. The van der Waals surface area contributed by atoms with Gasteiger partial charge in [-0.05, 0) is 33.3 Å². The maximum atomic E-state index is 5.63. The maximum absolute atomic E-state index is 5.63. The molecule has 1 aromatic heterocycles. The summed E-state index contributed by atoms with van der Waals surface area (Å²) >= 11 is 3.44. The van der Waals surface area contributed by atoms with Crippen LogP contribution in [0.1, 0.15) is 27.7 Å². The second kappa shape index (κ2) is 5.04. The topological polar surface area (TPSA) is 50.9 Å². The average Bonchev–Trinajstić information content (AvgIpc) is 2.14. The molecule has 0 radical (unpaired) electrons. The van der Waals surface area contributed by atoms with Crippen LogP contribution in [0.25, 0.3) is 0 Å². The van der Waals surface area contributed by atoms with Crippen molar-refractivity contribution in [2.75, 3.05) is 17.6 Å². The van der Waals surface area contributed by atoms with Gasteiger partial charge in [-0.25, -0.2) is 4.98 Å². The van der Waals surface area contributed by atoms with Gasteiger partial charge in [-0.15, -0.1) is 0 Å². The van der Waals surface area contributed by atoms with Crippen molar-refractivity contribution in [3.05, 3.63) is 16.7 Å². The minimum atomic E-state index is 0.299. The Morgan fingerprint density at radius 2 is 2.12 bits per heavy atom. The fraction of sp³-hybridized carbons (Fsp3) is 0.583. The number of hydrogen-bond acceptors (Lipinski definition) is 3. The van der Waals surface area contributed by atoms with Crippen LogP contribution in [0.5, 0.6) is 0 Å². The molecule has 1 unspecified atom stereocenters. The van der Waals surface area contributed by atoms with Crippen molar-refractivity contribution in [1.82, 2.24) is 4.98 Å². The van der Waals surface area contributed by atoms with E-state index in [1.54, 1.807) is 6.20 Å². The molecule has 4 heteroatoms. The minimum Gasteiger partial charge on any atom is -0.397 e. The first-order valence-corrected chi connectivity index (χ1v) is 6.25. The Bertz CT molecular complexity index is 358. The molecule has 90 valence electrons. The molecule has 0 aliphatic rings. The van der Waals surface area contributed by atoms with E-state index in [-0.39, 0.29) is 0 Å². The third-order valence-electron chi connectivity index (χ3n) is 2.92. The Balaban J connectivity index is 2.62. The number of nitrogens with zero attached hydrogens (tertiary/aromatic N) is 1. The third kappa shape index (κ3) is 3.67. The van der Waals surface area contributed by atoms with Crippen LogP contribution in [0.4, 0.5) is 11.5 Å². The van der Waals surface area contributed by atoms with Crippen molar-refractivity contribution in [1.29, 1.82) is 0 Å². The Morgan fingerprint density at radius 3 is 2.62 bits per heavy atom. The van der Waals surface area contributed by atoms with Gasteiger partial charge in [0, 0.05) is 6.54 Å². The number of nitrogens with two attached hydrogens (primary N) is 1. The van der Waals surface area contributed by atoms with Crippen molar-refractivity contribution in [2.24, 2.45) is 11.3 Å². The summed E-state index contributed by atoms with van der Waals surface area (Å²) in [5.41, 5.74) is 6.60. The van der Waals surface area contributed by atoms with Crippen LogP contribution in [-0.2, 0) is 0 Å². The van der Waals surface area contributed by atoms with Crippen LogP contribution in [0.15, 0.2) is 16.7 Å². The Kier molecular flexibility index (Phi) is 4.19. The summed E-state index contributed by atoms with van der Waals surface area (Å²) in [7, 11) is 0. The van der Waals surface area contributed by atoms with E-state index in [0.29, 0.717) is 17.0 Å². The summed E-state index contributed by atoms with van der Waals surface area (Å²) in [6.07, 6.45) is 1.66. The number of nitrogen functional groups attached to an aromatic ring is 1. The first kappa shape index (κ1) is 13.3. The predicted octanol–water partition coefficient (Wildman–Crippen LogP) is 3.52. The number of halogens is 1. The highest BCUT2D eigenvalue weighted by atomic mass is 79.9. The van der Waals surface area contributed by atoms with Gasteiger partial charge in [0.05, 0.1) is 16.4 Å². The molecule has 0 spiro atoms. The molecule has 3 nitrogen and oxygen atoms in total. The lowest BCUT2D eigenvalue weighted by atomic mass is 9.82. The number of hydrogen-bond donors (Lipinski definition) is 2. The lowest BCUT2D eigenvalue weighted by Crippen LogP contribution is -2.25. The minimum absolute atomic E-state index is 0.299. The number of nitrogens with one attached hydrogen (secondary N) is 1. The lowest BCUT2D eigenvalue weighted by Gasteiger charge is -2.27. The molecule has 0 fully saturated rings. The van der Waals surface area contributed by atoms with Gasteiger partial charge in [0.15, 0.2) is 0 Å². The summed E-state index contributed by atoms with van der Waals surface area (Å²) < 4.78 is 0.911. The summed E-state index contributed by atoms with van der Waals surface area (Å²) in [4.78, 5) is 4.25. The maximum Gasteiger partial charge on any atom is 0.140 e. The smallest absolute Gasteiger partial charge is 0.140 e. The third-order valence-corrected chi connectivity index (χ3v) is 3.52. The zero-order valence-corrected chi connectivity index (χ0v) is 11.9. The van der Waals surface area contributed by atoms with Gasteiger partial charge >= 0.3 is 0 Å². The molecular formula is C12H20BrN3. The van der Waals surface area contributed by atoms with Crippen molar-refractivity contribution < 1.29 is 0 Å². The summed E-state index contributed by atoms with van der Waals surface area (Å²) in [5.74, 6) is 1.42. The summed E-state index contributed by atoms with van der Waals surface area (Å²) in [5, 5.41) is 3.33. The van der Waals surface area contributed by atoms with Crippen LogP contribution in [-0.4, -0.2) is 11.5 Å². The predicted molar refractivity (Wildman–Crippen MR) is 73.5 cm³/mol. The van der Waals surface area contributed by atoms with Gasteiger partial charge < -0.3 is 11.1 Å². The Morgan fingerprint density at radius 1 is 1.50 bits per heavy atom. The molecule has 1 aromatic rings. The Hall–Kier alpha value is -0.770. The van der Waals surface area contributed by atoms with Crippen LogP contribution in [0.2, 0.25) is 0 Å². The standard InChI is InChI=1S/C12H20BrN3/c1-8(12(2,3)4)6-15-11-10(13)5-9(14)7-16-11/h5,7-8H,6,14H2,1-4H3,(H,15,16). The fourth-order valence-electron chi connectivity index (χ4n) is 1.14. The van der Waals surface area contributed by atoms with Crippen molar-refractivity contribution in [3.63, 3.8) is 0 Å². The van der Waals surface area contributed by atoms with Crippen LogP contribution >= 0.6 is 15.9 Å². The first-order valence-electron chi connectivity index (χ1n) is 5.45. The SMILES string of the molecule is CC(CNc1ncc(N)cc1Br)C(C)(C)C. The van der Waals surface area contributed by atoms with E-state index < -0.39 is 0 Å². The Labute approximate surface area is 106 Å². The molecule has 0 aromatic carbocycles. The highest BCUT2D eigenvalue weighted by Gasteiger charge is 2.19. The summed E-state index contributed by atoms with van der Waals surface area (Å²) in [6, 6.07) is 1.86. The molecule has 0 saturated heterocycles. The molecule has 3 N–H and O–H groups in total. The second-order valence-corrected chi connectivity index (χ2v) is 6.10. The van der Waals surface area contributed by atoms with Gasteiger partial charge in [-0.2, -0.15) is 0 Å². The lowest BCUT2D eigenvalue weighted by molar-refractivity contribution is 0.274. The number of anilines is 2. The molecule has 16 heavy (non-hydrogen) atoms. The van der Waals surface area contributed by atoms with E-state index >= 15 is 0 Å². The van der Waals surface area contributed by atoms with E-state index in [1.807, 2.05) is 6.07 Å². The van der Waals surface area contributed by atoms with Crippen molar-refractivity contribution in [3.8, 4) is 0 Å².